The molecule has 2 aliphatic rings. The van der Waals surface area contributed by atoms with Crippen LogP contribution in [0.25, 0.3) is 0 Å². The van der Waals surface area contributed by atoms with E-state index in [2.05, 4.69) is 9.89 Å². The molecule has 98 valence electrons. The SMILES string of the molecule is NC1=NCC(SCCN2CCC(F)(F)CC2)S1. The van der Waals surface area contributed by atoms with Crippen molar-refractivity contribution in [3.8, 4) is 0 Å². The predicted octanol–water partition coefficient (Wildman–Crippen LogP) is 1.84. The van der Waals surface area contributed by atoms with Gasteiger partial charge in [-0.3, -0.25) is 4.99 Å². The monoisotopic (exact) mass is 281 g/mol. The van der Waals surface area contributed by atoms with Gasteiger partial charge in [0.25, 0.3) is 5.92 Å². The first-order chi connectivity index (χ1) is 8.05. The summed E-state index contributed by atoms with van der Waals surface area (Å²) in [7, 11) is 0. The van der Waals surface area contributed by atoms with E-state index in [-0.39, 0.29) is 12.8 Å². The van der Waals surface area contributed by atoms with Crippen molar-refractivity contribution in [1.82, 2.24) is 4.90 Å². The summed E-state index contributed by atoms with van der Waals surface area (Å²) in [6, 6.07) is 0. The number of nitrogens with zero attached hydrogens (tertiary/aromatic N) is 2. The van der Waals surface area contributed by atoms with E-state index in [1.165, 1.54) is 0 Å². The van der Waals surface area contributed by atoms with Gasteiger partial charge < -0.3 is 10.6 Å². The minimum Gasteiger partial charge on any atom is -0.379 e. The molecule has 0 aliphatic carbocycles. The van der Waals surface area contributed by atoms with Gasteiger partial charge in [-0.15, -0.1) is 11.8 Å². The number of piperidine rings is 1. The Kier molecular flexibility index (Phi) is 4.54. The summed E-state index contributed by atoms with van der Waals surface area (Å²) in [5, 5.41) is 0.667. The number of rotatable bonds is 4. The van der Waals surface area contributed by atoms with Crippen LogP contribution in [0, 0.1) is 0 Å². The van der Waals surface area contributed by atoms with Crippen molar-refractivity contribution >= 4 is 28.7 Å². The Morgan fingerprint density at radius 3 is 2.76 bits per heavy atom. The van der Waals surface area contributed by atoms with E-state index in [0.717, 1.165) is 18.8 Å². The van der Waals surface area contributed by atoms with Crippen LogP contribution in [0.4, 0.5) is 8.78 Å². The second-order valence-corrected chi connectivity index (χ2v) is 7.13. The molecule has 2 N–H and O–H groups in total. The van der Waals surface area contributed by atoms with Crippen LogP contribution in [0.1, 0.15) is 12.8 Å². The van der Waals surface area contributed by atoms with Crippen LogP contribution >= 0.6 is 23.5 Å². The number of amidine groups is 1. The van der Waals surface area contributed by atoms with Gasteiger partial charge in [0, 0.05) is 38.2 Å². The fraction of sp³-hybridized carbons (Fsp3) is 0.900. The second-order valence-electron chi connectivity index (χ2n) is 4.29. The molecule has 2 rings (SSSR count). The first-order valence-electron chi connectivity index (χ1n) is 5.73. The molecule has 7 heteroatoms. The van der Waals surface area contributed by atoms with Crippen LogP contribution in [0.5, 0.6) is 0 Å². The van der Waals surface area contributed by atoms with Crippen molar-refractivity contribution in [3.05, 3.63) is 0 Å². The van der Waals surface area contributed by atoms with E-state index in [1.807, 2.05) is 11.8 Å². The predicted molar refractivity (Wildman–Crippen MR) is 70.9 cm³/mol. The van der Waals surface area contributed by atoms with E-state index in [9.17, 15) is 8.78 Å². The molecule has 2 aliphatic heterocycles. The average molecular weight is 281 g/mol. The highest BCUT2D eigenvalue weighted by atomic mass is 32.2. The minimum absolute atomic E-state index is 0.00586. The smallest absolute Gasteiger partial charge is 0.250 e. The Morgan fingerprint density at radius 2 is 2.18 bits per heavy atom. The topological polar surface area (TPSA) is 41.6 Å². The lowest BCUT2D eigenvalue weighted by atomic mass is 10.1. The molecule has 3 nitrogen and oxygen atoms in total. The van der Waals surface area contributed by atoms with Crippen LogP contribution in [0.15, 0.2) is 4.99 Å². The molecule has 1 saturated heterocycles. The second kappa shape index (κ2) is 5.75. The summed E-state index contributed by atoms with van der Waals surface area (Å²) >= 11 is 3.42. The highest BCUT2D eigenvalue weighted by Gasteiger charge is 2.33. The van der Waals surface area contributed by atoms with Crippen LogP contribution in [0.2, 0.25) is 0 Å². The molecule has 1 fully saturated rings. The van der Waals surface area contributed by atoms with Crippen molar-refractivity contribution in [1.29, 1.82) is 0 Å². The molecule has 0 saturated carbocycles. The normalized spacial score (nSPS) is 29.3. The third-order valence-corrected chi connectivity index (χ3v) is 5.37. The summed E-state index contributed by atoms with van der Waals surface area (Å²) in [5.74, 6) is -1.47. The molecule has 0 bridgehead atoms. The van der Waals surface area contributed by atoms with E-state index >= 15 is 0 Å². The summed E-state index contributed by atoms with van der Waals surface area (Å²) in [5.41, 5.74) is 5.58. The van der Waals surface area contributed by atoms with Crippen LogP contribution in [-0.2, 0) is 0 Å². The molecule has 17 heavy (non-hydrogen) atoms. The summed E-state index contributed by atoms with van der Waals surface area (Å²) in [6.45, 7) is 2.70. The largest absolute Gasteiger partial charge is 0.379 e. The number of likely N-dealkylation sites (tertiary alicyclic amines) is 1. The van der Waals surface area contributed by atoms with E-state index in [4.69, 9.17) is 5.73 Å². The number of halogens is 2. The fourth-order valence-electron chi connectivity index (χ4n) is 1.88. The van der Waals surface area contributed by atoms with Gasteiger partial charge in [-0.2, -0.15) is 0 Å². The van der Waals surface area contributed by atoms with Crippen molar-refractivity contribution in [2.24, 2.45) is 10.7 Å². The molecule has 0 spiro atoms. The van der Waals surface area contributed by atoms with Crippen molar-refractivity contribution in [3.63, 3.8) is 0 Å². The van der Waals surface area contributed by atoms with Crippen LogP contribution in [0.3, 0.4) is 0 Å². The number of hydrogen-bond acceptors (Lipinski definition) is 5. The Labute approximate surface area is 109 Å². The van der Waals surface area contributed by atoms with Gasteiger partial charge >= 0.3 is 0 Å². The third-order valence-electron chi connectivity index (χ3n) is 2.95. The van der Waals surface area contributed by atoms with Gasteiger partial charge in [0.2, 0.25) is 0 Å². The van der Waals surface area contributed by atoms with Crippen LogP contribution < -0.4 is 5.73 Å². The maximum absolute atomic E-state index is 12.9. The number of aliphatic imine (C=N–C) groups is 1. The van der Waals surface area contributed by atoms with Crippen molar-refractivity contribution in [2.75, 3.05) is 31.9 Å². The summed E-state index contributed by atoms with van der Waals surface area (Å²) in [4.78, 5) is 6.25. The van der Waals surface area contributed by atoms with E-state index in [1.54, 1.807) is 11.8 Å². The maximum Gasteiger partial charge on any atom is 0.250 e. The summed E-state index contributed by atoms with van der Waals surface area (Å²) in [6.07, 6.45) is 0.0117. The Balaban J connectivity index is 1.57. The zero-order chi connectivity index (χ0) is 12.3. The zero-order valence-corrected chi connectivity index (χ0v) is 11.2. The maximum atomic E-state index is 12.9. The highest BCUT2D eigenvalue weighted by molar-refractivity contribution is 8.25. The zero-order valence-electron chi connectivity index (χ0n) is 9.57. The third kappa shape index (κ3) is 4.30. The van der Waals surface area contributed by atoms with Gasteiger partial charge in [-0.1, -0.05) is 11.8 Å². The molecule has 0 aromatic carbocycles. The fourth-order valence-corrected chi connectivity index (χ4v) is 4.11. The van der Waals surface area contributed by atoms with Crippen molar-refractivity contribution < 1.29 is 8.78 Å². The Hall–Kier alpha value is -0.0100. The molecule has 1 unspecified atom stereocenters. The highest BCUT2D eigenvalue weighted by Crippen LogP contribution is 2.30. The number of nitrogens with two attached hydrogens (primary N) is 1. The van der Waals surface area contributed by atoms with Gasteiger partial charge in [0.1, 0.15) is 0 Å². The van der Waals surface area contributed by atoms with Crippen LogP contribution in [-0.4, -0.2) is 52.5 Å². The number of alkyl halides is 2. The lowest BCUT2D eigenvalue weighted by Crippen LogP contribution is -2.40. The van der Waals surface area contributed by atoms with Gasteiger partial charge in [0.05, 0.1) is 11.1 Å². The molecule has 0 aromatic rings. The van der Waals surface area contributed by atoms with Gasteiger partial charge in [0.15, 0.2) is 5.17 Å². The molecule has 0 amide bonds. The first kappa shape index (κ1) is 13.4. The molecule has 0 radical (unpaired) electrons. The van der Waals surface area contributed by atoms with Gasteiger partial charge in [-0.25, -0.2) is 8.78 Å². The standard InChI is InChI=1S/C10H17F2N3S2/c11-10(12)1-3-15(4-2-10)5-6-16-8-7-14-9(13)17-8/h8H,1-7H2,(H2,13,14). The first-order valence-corrected chi connectivity index (χ1v) is 7.66. The average Bonchev–Trinajstić information content (AvgIpc) is 2.67. The lowest BCUT2D eigenvalue weighted by molar-refractivity contribution is -0.0539. The molecule has 0 aromatic heterocycles. The quantitative estimate of drug-likeness (QED) is 0.854. The lowest BCUT2D eigenvalue weighted by Gasteiger charge is -2.31. The molecular formula is C10H17F2N3S2. The van der Waals surface area contributed by atoms with E-state index < -0.39 is 5.92 Å². The Morgan fingerprint density at radius 1 is 1.47 bits per heavy atom. The Bertz CT molecular complexity index is 289. The molecule has 2 heterocycles. The molecular weight excluding hydrogens is 264 g/mol. The van der Waals surface area contributed by atoms with Crippen molar-refractivity contribution in [2.45, 2.75) is 23.3 Å². The van der Waals surface area contributed by atoms with E-state index in [0.29, 0.717) is 22.8 Å². The number of hydrogen-bond donors (Lipinski definition) is 1. The summed E-state index contributed by atoms with van der Waals surface area (Å²) < 4.78 is 26.3. The number of thioether (sulfide) groups is 2. The minimum atomic E-state index is -2.44. The van der Waals surface area contributed by atoms with Gasteiger partial charge in [-0.05, 0) is 0 Å². The molecule has 1 atom stereocenters.